The van der Waals surface area contributed by atoms with Crippen LogP contribution in [0.1, 0.15) is 9.67 Å². The van der Waals surface area contributed by atoms with E-state index in [2.05, 4.69) is 5.32 Å². The molecule has 0 atom stereocenters. The van der Waals surface area contributed by atoms with E-state index in [1.165, 1.54) is 35.6 Å². The first-order valence-corrected chi connectivity index (χ1v) is 8.89. The number of non-ortho nitro benzene ring substituents is 1. The number of carbonyl (C=O) groups excluding carboxylic acids is 1. The molecule has 3 aromatic carbocycles. The van der Waals surface area contributed by atoms with Gasteiger partial charge >= 0.3 is 0 Å². The number of hydrogen-bond donors (Lipinski definition) is 1. The van der Waals surface area contributed by atoms with E-state index in [1.54, 1.807) is 0 Å². The highest BCUT2D eigenvalue weighted by atomic mass is 35.5. The Morgan fingerprint density at radius 2 is 1.77 bits per heavy atom. The van der Waals surface area contributed by atoms with Gasteiger partial charge in [-0.2, -0.15) is 0 Å². The predicted molar refractivity (Wildman–Crippen MR) is 105 cm³/mol. The van der Waals surface area contributed by atoms with Gasteiger partial charge in [-0.3, -0.25) is 14.9 Å². The van der Waals surface area contributed by atoms with Crippen molar-refractivity contribution < 1.29 is 9.72 Å². The van der Waals surface area contributed by atoms with E-state index in [4.69, 9.17) is 11.6 Å². The number of nitro benzene ring substituents is 1. The van der Waals surface area contributed by atoms with Crippen LogP contribution in [0.3, 0.4) is 0 Å². The zero-order valence-corrected chi connectivity index (χ0v) is 14.8. The predicted octanol–water partition coefficient (Wildman–Crippen LogP) is 5.87. The first-order valence-electron chi connectivity index (χ1n) is 7.70. The van der Waals surface area contributed by atoms with E-state index in [0.29, 0.717) is 15.6 Å². The molecule has 1 heterocycles. The summed E-state index contributed by atoms with van der Waals surface area (Å²) in [7, 11) is 0. The van der Waals surface area contributed by atoms with Crippen molar-refractivity contribution in [2.75, 3.05) is 5.32 Å². The molecule has 0 bridgehead atoms. The average Bonchev–Trinajstić information content (AvgIpc) is 2.99. The molecule has 4 rings (SSSR count). The highest BCUT2D eigenvalue weighted by Crippen LogP contribution is 2.40. The lowest BCUT2D eigenvalue weighted by Gasteiger charge is -2.04. The molecular weight excluding hydrogens is 372 g/mol. The molecule has 0 radical (unpaired) electrons. The Morgan fingerprint density at radius 1 is 1.04 bits per heavy atom. The third kappa shape index (κ3) is 2.79. The molecule has 0 fully saturated rings. The van der Waals surface area contributed by atoms with E-state index >= 15 is 0 Å². The quantitative estimate of drug-likeness (QED) is 0.356. The number of rotatable bonds is 3. The fraction of sp³-hybridized carbons (Fsp3) is 0. The number of carbonyl (C=O) groups is 1. The van der Waals surface area contributed by atoms with Crippen molar-refractivity contribution in [2.24, 2.45) is 0 Å². The standard InChI is InChI=1S/C19H11ClN2O3S/c20-17-16-14-4-2-1-3-11(14)5-10-15(16)26-18(17)19(23)21-12-6-8-13(9-7-12)22(24)25/h1-10H,(H,21,23). The van der Waals surface area contributed by atoms with Gasteiger partial charge in [0.2, 0.25) is 0 Å². The second kappa shape index (κ2) is 6.40. The molecule has 0 spiro atoms. The molecule has 1 N–H and O–H groups in total. The number of halogens is 1. The van der Waals surface area contributed by atoms with Gasteiger partial charge in [-0.05, 0) is 29.0 Å². The fourth-order valence-corrected chi connectivity index (χ4v) is 4.30. The lowest BCUT2D eigenvalue weighted by Crippen LogP contribution is -2.10. The van der Waals surface area contributed by atoms with Crippen molar-refractivity contribution in [3.8, 4) is 0 Å². The highest BCUT2D eigenvalue weighted by Gasteiger charge is 2.19. The molecule has 7 heteroatoms. The molecule has 4 aromatic rings. The number of nitrogens with one attached hydrogen (secondary N) is 1. The van der Waals surface area contributed by atoms with Gasteiger partial charge in [0.1, 0.15) is 4.88 Å². The number of benzene rings is 3. The molecule has 0 saturated heterocycles. The van der Waals surface area contributed by atoms with Crippen molar-refractivity contribution in [2.45, 2.75) is 0 Å². The Morgan fingerprint density at radius 3 is 2.50 bits per heavy atom. The van der Waals surface area contributed by atoms with Crippen LogP contribution in [0.2, 0.25) is 5.02 Å². The van der Waals surface area contributed by atoms with E-state index in [-0.39, 0.29) is 11.6 Å². The minimum absolute atomic E-state index is 0.0330. The summed E-state index contributed by atoms with van der Waals surface area (Å²) in [4.78, 5) is 23.3. The van der Waals surface area contributed by atoms with Crippen molar-refractivity contribution >= 4 is 61.1 Å². The summed E-state index contributed by atoms with van der Waals surface area (Å²) in [5, 5.41) is 16.8. The van der Waals surface area contributed by atoms with Crippen LogP contribution in [-0.4, -0.2) is 10.8 Å². The van der Waals surface area contributed by atoms with Crippen LogP contribution >= 0.6 is 22.9 Å². The maximum absolute atomic E-state index is 12.6. The number of nitro groups is 1. The van der Waals surface area contributed by atoms with Gasteiger partial charge in [0.25, 0.3) is 11.6 Å². The number of fused-ring (bicyclic) bond motifs is 3. The van der Waals surface area contributed by atoms with E-state index in [9.17, 15) is 14.9 Å². The van der Waals surface area contributed by atoms with Crippen LogP contribution in [0.25, 0.3) is 20.9 Å². The van der Waals surface area contributed by atoms with E-state index < -0.39 is 4.92 Å². The van der Waals surface area contributed by atoms with Crippen LogP contribution in [-0.2, 0) is 0 Å². The van der Waals surface area contributed by atoms with Crippen molar-refractivity contribution in [3.05, 3.63) is 80.7 Å². The topological polar surface area (TPSA) is 72.2 Å². The summed E-state index contributed by atoms with van der Waals surface area (Å²) in [6.45, 7) is 0. The van der Waals surface area contributed by atoms with Crippen molar-refractivity contribution in [3.63, 3.8) is 0 Å². The molecule has 0 aliphatic rings. The third-order valence-corrected chi connectivity index (χ3v) is 5.71. The molecule has 0 aliphatic carbocycles. The molecule has 0 unspecified atom stereocenters. The Kier molecular flexibility index (Phi) is 4.06. The fourth-order valence-electron chi connectivity index (χ4n) is 2.83. The zero-order chi connectivity index (χ0) is 18.3. The summed E-state index contributed by atoms with van der Waals surface area (Å²) in [5.41, 5.74) is 0.438. The lowest BCUT2D eigenvalue weighted by molar-refractivity contribution is -0.384. The average molecular weight is 383 g/mol. The first-order chi connectivity index (χ1) is 12.5. The van der Waals surface area contributed by atoms with Gasteiger partial charge in [0.15, 0.2) is 0 Å². The molecule has 1 amide bonds. The Bertz CT molecular complexity index is 1170. The van der Waals surface area contributed by atoms with Crippen molar-refractivity contribution in [1.82, 2.24) is 0 Å². The van der Waals surface area contributed by atoms with E-state index in [0.717, 1.165) is 20.9 Å². The summed E-state index contributed by atoms with van der Waals surface area (Å²) in [6, 6.07) is 17.5. The second-order valence-electron chi connectivity index (χ2n) is 5.66. The summed E-state index contributed by atoms with van der Waals surface area (Å²) in [5.74, 6) is -0.339. The summed E-state index contributed by atoms with van der Waals surface area (Å²) < 4.78 is 0.933. The molecule has 0 aliphatic heterocycles. The smallest absolute Gasteiger partial charge is 0.269 e. The van der Waals surface area contributed by atoms with Gasteiger partial charge in [-0.15, -0.1) is 11.3 Å². The molecule has 5 nitrogen and oxygen atoms in total. The van der Waals surface area contributed by atoms with Crippen LogP contribution in [0.5, 0.6) is 0 Å². The van der Waals surface area contributed by atoms with Crippen LogP contribution in [0.4, 0.5) is 11.4 Å². The van der Waals surface area contributed by atoms with Gasteiger partial charge < -0.3 is 5.32 Å². The monoisotopic (exact) mass is 382 g/mol. The van der Waals surface area contributed by atoms with Gasteiger partial charge in [0, 0.05) is 27.9 Å². The molecular formula is C19H11ClN2O3S. The van der Waals surface area contributed by atoms with Gasteiger partial charge in [-0.1, -0.05) is 41.9 Å². The number of amides is 1. The summed E-state index contributed by atoms with van der Waals surface area (Å²) >= 11 is 7.85. The Hall–Kier alpha value is -2.96. The lowest BCUT2D eigenvalue weighted by atomic mass is 10.1. The number of thiophene rings is 1. The third-order valence-electron chi connectivity index (χ3n) is 4.06. The van der Waals surface area contributed by atoms with Crippen LogP contribution in [0.15, 0.2) is 60.7 Å². The minimum Gasteiger partial charge on any atom is -0.321 e. The highest BCUT2D eigenvalue weighted by molar-refractivity contribution is 7.22. The Balaban J connectivity index is 1.72. The Labute approximate surface area is 157 Å². The SMILES string of the molecule is O=C(Nc1ccc([N+](=O)[O-])cc1)c1sc2ccc3ccccc3c2c1Cl. The normalized spacial score (nSPS) is 11.0. The minimum atomic E-state index is -0.487. The number of hydrogen-bond acceptors (Lipinski definition) is 4. The largest absolute Gasteiger partial charge is 0.321 e. The zero-order valence-electron chi connectivity index (χ0n) is 13.2. The molecule has 128 valence electrons. The summed E-state index contributed by atoms with van der Waals surface area (Å²) in [6.07, 6.45) is 0. The van der Waals surface area contributed by atoms with Crippen LogP contribution in [0, 0.1) is 10.1 Å². The maximum Gasteiger partial charge on any atom is 0.269 e. The molecule has 1 aromatic heterocycles. The van der Waals surface area contributed by atoms with E-state index in [1.807, 2.05) is 36.4 Å². The first kappa shape index (κ1) is 16.5. The number of anilines is 1. The van der Waals surface area contributed by atoms with Crippen LogP contribution < -0.4 is 5.32 Å². The number of nitrogens with zero attached hydrogens (tertiary/aromatic N) is 1. The molecule has 26 heavy (non-hydrogen) atoms. The second-order valence-corrected chi connectivity index (χ2v) is 7.09. The molecule has 0 saturated carbocycles. The van der Waals surface area contributed by atoms with Gasteiger partial charge in [-0.25, -0.2) is 0 Å². The van der Waals surface area contributed by atoms with Crippen molar-refractivity contribution in [1.29, 1.82) is 0 Å². The maximum atomic E-state index is 12.6. The van der Waals surface area contributed by atoms with Gasteiger partial charge in [0.05, 0.1) is 9.95 Å².